The third-order valence-electron chi connectivity index (χ3n) is 2.76. The Hall–Kier alpha value is -0.160. The normalized spacial score (nSPS) is 29.6. The molecule has 1 unspecified atom stereocenters. The zero-order valence-electron chi connectivity index (χ0n) is 10.9. The SMILES string of the molecule is CC(C)NC(CO)CN1C[C@@H](C)O[C@@H](C)C1. The maximum absolute atomic E-state index is 9.32. The first-order chi connectivity index (χ1) is 7.51. The van der Waals surface area contributed by atoms with E-state index in [0.29, 0.717) is 18.2 Å². The van der Waals surface area contributed by atoms with Crippen molar-refractivity contribution < 1.29 is 9.84 Å². The molecular weight excluding hydrogens is 204 g/mol. The molecule has 96 valence electrons. The van der Waals surface area contributed by atoms with Crippen LogP contribution < -0.4 is 5.32 Å². The zero-order valence-corrected chi connectivity index (χ0v) is 10.9. The number of hydrogen-bond donors (Lipinski definition) is 2. The Kier molecular flexibility index (Phi) is 5.69. The number of morpholine rings is 1. The van der Waals surface area contributed by atoms with Crippen LogP contribution in [0.25, 0.3) is 0 Å². The van der Waals surface area contributed by atoms with Crippen molar-refractivity contribution in [2.45, 2.75) is 52.0 Å². The predicted molar refractivity (Wildman–Crippen MR) is 65.6 cm³/mol. The highest BCUT2D eigenvalue weighted by Crippen LogP contribution is 2.10. The van der Waals surface area contributed by atoms with Gasteiger partial charge in [-0.15, -0.1) is 0 Å². The van der Waals surface area contributed by atoms with Crippen molar-refractivity contribution in [3.63, 3.8) is 0 Å². The monoisotopic (exact) mass is 230 g/mol. The van der Waals surface area contributed by atoms with Gasteiger partial charge in [-0.3, -0.25) is 4.90 Å². The molecule has 1 aliphatic heterocycles. The number of aliphatic hydroxyl groups is 1. The van der Waals surface area contributed by atoms with Crippen LogP contribution in [-0.2, 0) is 4.74 Å². The maximum Gasteiger partial charge on any atom is 0.0678 e. The predicted octanol–water partition coefficient (Wildman–Crippen LogP) is 0.455. The van der Waals surface area contributed by atoms with Crippen LogP contribution in [0.3, 0.4) is 0 Å². The molecule has 16 heavy (non-hydrogen) atoms. The molecule has 1 saturated heterocycles. The molecule has 1 aliphatic rings. The van der Waals surface area contributed by atoms with E-state index in [1.165, 1.54) is 0 Å². The molecule has 0 radical (unpaired) electrons. The lowest BCUT2D eigenvalue weighted by Gasteiger charge is -2.37. The molecule has 4 heteroatoms. The van der Waals surface area contributed by atoms with E-state index in [0.717, 1.165) is 19.6 Å². The second-order valence-electron chi connectivity index (χ2n) is 5.18. The average molecular weight is 230 g/mol. The summed E-state index contributed by atoms with van der Waals surface area (Å²) in [5, 5.41) is 12.7. The summed E-state index contributed by atoms with van der Waals surface area (Å²) in [7, 11) is 0. The van der Waals surface area contributed by atoms with Gasteiger partial charge in [-0.25, -0.2) is 0 Å². The summed E-state index contributed by atoms with van der Waals surface area (Å²) in [5.41, 5.74) is 0. The van der Waals surface area contributed by atoms with E-state index in [-0.39, 0.29) is 12.6 Å². The van der Waals surface area contributed by atoms with E-state index in [4.69, 9.17) is 4.74 Å². The Bertz CT molecular complexity index is 189. The Labute approximate surface area is 99.0 Å². The van der Waals surface area contributed by atoms with Crippen LogP contribution in [0, 0.1) is 0 Å². The number of rotatable bonds is 5. The fraction of sp³-hybridized carbons (Fsp3) is 1.00. The number of ether oxygens (including phenoxy) is 1. The summed E-state index contributed by atoms with van der Waals surface area (Å²) >= 11 is 0. The fourth-order valence-electron chi connectivity index (χ4n) is 2.38. The summed E-state index contributed by atoms with van der Waals surface area (Å²) in [5.74, 6) is 0. The second-order valence-corrected chi connectivity index (χ2v) is 5.18. The Morgan fingerprint density at radius 3 is 2.31 bits per heavy atom. The van der Waals surface area contributed by atoms with Gasteiger partial charge in [0.05, 0.1) is 18.8 Å². The maximum atomic E-state index is 9.32. The first kappa shape index (κ1) is 13.9. The van der Waals surface area contributed by atoms with Crippen LogP contribution in [0.15, 0.2) is 0 Å². The van der Waals surface area contributed by atoms with Gasteiger partial charge in [0.15, 0.2) is 0 Å². The molecule has 0 aromatic heterocycles. The first-order valence-electron chi connectivity index (χ1n) is 6.26. The topological polar surface area (TPSA) is 44.7 Å². The molecule has 1 heterocycles. The summed E-state index contributed by atoms with van der Waals surface area (Å²) in [6.07, 6.45) is 0.587. The van der Waals surface area contributed by atoms with Crippen LogP contribution >= 0.6 is 0 Å². The molecule has 0 bridgehead atoms. The minimum absolute atomic E-state index is 0.164. The third kappa shape index (κ3) is 4.78. The minimum atomic E-state index is 0.164. The largest absolute Gasteiger partial charge is 0.395 e. The fourth-order valence-corrected chi connectivity index (χ4v) is 2.38. The molecule has 3 atom stereocenters. The van der Waals surface area contributed by atoms with E-state index in [9.17, 15) is 5.11 Å². The smallest absolute Gasteiger partial charge is 0.0678 e. The highest BCUT2D eigenvalue weighted by atomic mass is 16.5. The molecule has 0 aliphatic carbocycles. The molecule has 2 N–H and O–H groups in total. The zero-order chi connectivity index (χ0) is 12.1. The van der Waals surface area contributed by atoms with Gasteiger partial charge in [0, 0.05) is 31.7 Å². The van der Waals surface area contributed by atoms with Crippen LogP contribution in [-0.4, -0.2) is 60.5 Å². The van der Waals surface area contributed by atoms with Crippen molar-refractivity contribution in [3.05, 3.63) is 0 Å². The van der Waals surface area contributed by atoms with Gasteiger partial charge < -0.3 is 15.2 Å². The molecule has 0 aromatic carbocycles. The lowest BCUT2D eigenvalue weighted by molar-refractivity contribution is -0.0711. The van der Waals surface area contributed by atoms with Gasteiger partial charge in [0.2, 0.25) is 0 Å². The van der Waals surface area contributed by atoms with Gasteiger partial charge in [0.1, 0.15) is 0 Å². The minimum Gasteiger partial charge on any atom is -0.395 e. The van der Waals surface area contributed by atoms with E-state index >= 15 is 0 Å². The van der Waals surface area contributed by atoms with Crippen LogP contribution in [0.5, 0.6) is 0 Å². The van der Waals surface area contributed by atoms with Crippen molar-refractivity contribution in [2.75, 3.05) is 26.2 Å². The van der Waals surface area contributed by atoms with E-state index in [1.54, 1.807) is 0 Å². The van der Waals surface area contributed by atoms with E-state index in [1.807, 2.05) is 0 Å². The van der Waals surface area contributed by atoms with E-state index < -0.39 is 0 Å². The molecule has 0 saturated carbocycles. The molecular formula is C12H26N2O2. The lowest BCUT2D eigenvalue weighted by atomic mass is 10.2. The quantitative estimate of drug-likeness (QED) is 0.720. The lowest BCUT2D eigenvalue weighted by Crippen LogP contribution is -2.52. The van der Waals surface area contributed by atoms with Crippen LogP contribution in [0.2, 0.25) is 0 Å². The van der Waals surface area contributed by atoms with Gasteiger partial charge in [-0.05, 0) is 13.8 Å². The van der Waals surface area contributed by atoms with E-state index in [2.05, 4.69) is 37.9 Å². The van der Waals surface area contributed by atoms with Crippen LogP contribution in [0.1, 0.15) is 27.7 Å². The standard InChI is InChI=1S/C12H26N2O2/c1-9(2)13-12(8-15)7-14-5-10(3)16-11(4)6-14/h9-13,15H,5-8H2,1-4H3/t10-,11+,12?. The molecule has 0 spiro atoms. The van der Waals surface area contributed by atoms with Crippen molar-refractivity contribution in [1.82, 2.24) is 10.2 Å². The molecule has 1 fully saturated rings. The molecule has 0 amide bonds. The average Bonchev–Trinajstić information content (AvgIpc) is 2.14. The Morgan fingerprint density at radius 1 is 1.31 bits per heavy atom. The summed E-state index contributed by atoms with van der Waals surface area (Å²) in [4.78, 5) is 2.37. The molecule has 0 aromatic rings. The number of nitrogens with zero attached hydrogens (tertiary/aromatic N) is 1. The van der Waals surface area contributed by atoms with Crippen molar-refractivity contribution in [2.24, 2.45) is 0 Å². The highest BCUT2D eigenvalue weighted by Gasteiger charge is 2.24. The second kappa shape index (κ2) is 6.55. The van der Waals surface area contributed by atoms with Gasteiger partial charge in [-0.2, -0.15) is 0 Å². The van der Waals surface area contributed by atoms with Gasteiger partial charge in [-0.1, -0.05) is 13.8 Å². The van der Waals surface area contributed by atoms with Crippen molar-refractivity contribution in [1.29, 1.82) is 0 Å². The van der Waals surface area contributed by atoms with Crippen molar-refractivity contribution >= 4 is 0 Å². The summed E-state index contributed by atoms with van der Waals surface area (Å²) in [6.45, 7) is 11.4. The molecule has 4 nitrogen and oxygen atoms in total. The number of nitrogens with one attached hydrogen (secondary N) is 1. The van der Waals surface area contributed by atoms with Gasteiger partial charge in [0.25, 0.3) is 0 Å². The first-order valence-corrected chi connectivity index (χ1v) is 6.26. The number of hydrogen-bond acceptors (Lipinski definition) is 4. The Morgan fingerprint density at radius 2 is 1.88 bits per heavy atom. The van der Waals surface area contributed by atoms with Crippen molar-refractivity contribution in [3.8, 4) is 0 Å². The van der Waals surface area contributed by atoms with Crippen LogP contribution in [0.4, 0.5) is 0 Å². The van der Waals surface area contributed by atoms with Gasteiger partial charge >= 0.3 is 0 Å². The Balaban J connectivity index is 2.38. The number of aliphatic hydroxyl groups excluding tert-OH is 1. The highest BCUT2D eigenvalue weighted by molar-refractivity contribution is 4.79. The molecule has 1 rings (SSSR count). The third-order valence-corrected chi connectivity index (χ3v) is 2.76. The summed E-state index contributed by atoms with van der Waals surface area (Å²) in [6, 6.07) is 0.575. The summed E-state index contributed by atoms with van der Waals surface area (Å²) < 4.78 is 5.69.